The summed E-state index contributed by atoms with van der Waals surface area (Å²) < 4.78 is 45.3. The minimum atomic E-state index is -4.53. The first kappa shape index (κ1) is 15.6. The molecule has 0 aromatic carbocycles. The van der Waals surface area contributed by atoms with Crippen molar-refractivity contribution in [2.75, 3.05) is 6.61 Å². The molecule has 0 atom stereocenters. The van der Waals surface area contributed by atoms with Crippen molar-refractivity contribution in [1.29, 1.82) is 0 Å². The molecule has 0 bridgehead atoms. The second kappa shape index (κ2) is 4.89. The Labute approximate surface area is 119 Å². The molecule has 0 unspecified atom stereocenters. The predicted molar refractivity (Wildman–Crippen MR) is 69.4 cm³/mol. The van der Waals surface area contributed by atoms with E-state index in [4.69, 9.17) is 4.74 Å². The standard InChI is InChI=1S/C14H16F3NO3/c1-4-21-12(20)11-8(2)7-10(19)18(9(11)3)13(5-6-13)14(15,16)17/h7H,4-6H2,1-3H3. The third-order valence-corrected chi connectivity index (χ3v) is 3.81. The number of pyridine rings is 1. The van der Waals surface area contributed by atoms with Crippen molar-refractivity contribution in [2.45, 2.75) is 45.3 Å². The molecule has 21 heavy (non-hydrogen) atoms. The Morgan fingerprint density at radius 2 is 1.95 bits per heavy atom. The van der Waals surface area contributed by atoms with Crippen molar-refractivity contribution in [1.82, 2.24) is 4.57 Å². The van der Waals surface area contributed by atoms with Gasteiger partial charge in [0.25, 0.3) is 5.56 Å². The van der Waals surface area contributed by atoms with Gasteiger partial charge in [0.1, 0.15) is 5.54 Å². The summed E-state index contributed by atoms with van der Waals surface area (Å²) in [7, 11) is 0. The fourth-order valence-corrected chi connectivity index (χ4v) is 2.68. The maximum absolute atomic E-state index is 13.2. The Balaban J connectivity index is 2.67. The number of carbonyl (C=O) groups is 1. The van der Waals surface area contributed by atoms with Crippen LogP contribution in [0, 0.1) is 13.8 Å². The van der Waals surface area contributed by atoms with E-state index in [2.05, 4.69) is 0 Å². The average Bonchev–Trinajstić information content (AvgIpc) is 3.09. The highest BCUT2D eigenvalue weighted by Crippen LogP contribution is 2.55. The van der Waals surface area contributed by atoms with Crippen LogP contribution < -0.4 is 5.56 Å². The van der Waals surface area contributed by atoms with Crippen LogP contribution in [0.15, 0.2) is 10.9 Å². The fourth-order valence-electron chi connectivity index (χ4n) is 2.68. The topological polar surface area (TPSA) is 48.3 Å². The van der Waals surface area contributed by atoms with E-state index >= 15 is 0 Å². The molecule has 7 heteroatoms. The molecule has 1 saturated carbocycles. The third-order valence-electron chi connectivity index (χ3n) is 3.81. The van der Waals surface area contributed by atoms with E-state index in [0.717, 1.165) is 6.07 Å². The molecule has 1 aliphatic rings. The molecular weight excluding hydrogens is 287 g/mol. The van der Waals surface area contributed by atoms with Gasteiger partial charge in [0.15, 0.2) is 0 Å². The Kier molecular flexibility index (Phi) is 3.63. The highest BCUT2D eigenvalue weighted by Gasteiger charge is 2.65. The Bertz CT molecular complexity index is 642. The highest BCUT2D eigenvalue weighted by atomic mass is 19.4. The molecule has 0 spiro atoms. The number of carbonyl (C=O) groups excluding carboxylic acids is 1. The first-order valence-corrected chi connectivity index (χ1v) is 6.63. The van der Waals surface area contributed by atoms with Gasteiger partial charge in [-0.2, -0.15) is 13.2 Å². The maximum atomic E-state index is 13.2. The lowest BCUT2D eigenvalue weighted by atomic mass is 10.1. The van der Waals surface area contributed by atoms with Crippen molar-refractivity contribution in [3.05, 3.63) is 33.2 Å². The molecule has 0 N–H and O–H groups in total. The maximum Gasteiger partial charge on any atom is 0.412 e. The van der Waals surface area contributed by atoms with Crippen molar-refractivity contribution in [2.24, 2.45) is 0 Å². The lowest BCUT2D eigenvalue weighted by Crippen LogP contribution is -2.43. The number of hydrogen-bond donors (Lipinski definition) is 0. The quantitative estimate of drug-likeness (QED) is 0.807. The van der Waals surface area contributed by atoms with E-state index < -0.39 is 23.2 Å². The summed E-state index contributed by atoms with van der Waals surface area (Å²) in [5.41, 5.74) is -2.55. The van der Waals surface area contributed by atoms with Gasteiger partial charge in [-0.1, -0.05) is 0 Å². The summed E-state index contributed by atoms with van der Waals surface area (Å²) in [5, 5.41) is 0. The van der Waals surface area contributed by atoms with Crippen LogP contribution >= 0.6 is 0 Å². The largest absolute Gasteiger partial charge is 0.462 e. The van der Waals surface area contributed by atoms with Crippen molar-refractivity contribution >= 4 is 5.97 Å². The smallest absolute Gasteiger partial charge is 0.412 e. The molecule has 1 fully saturated rings. The first-order valence-electron chi connectivity index (χ1n) is 6.63. The van der Waals surface area contributed by atoms with Gasteiger partial charge in [-0.25, -0.2) is 4.79 Å². The number of halogens is 3. The van der Waals surface area contributed by atoms with E-state index in [1.54, 1.807) is 6.92 Å². The molecule has 0 radical (unpaired) electrons. The Morgan fingerprint density at radius 3 is 2.38 bits per heavy atom. The summed E-state index contributed by atoms with van der Waals surface area (Å²) in [4.78, 5) is 24.0. The van der Waals surface area contributed by atoms with Crippen LogP contribution in [0.1, 0.15) is 41.4 Å². The zero-order chi connectivity index (χ0) is 16.0. The van der Waals surface area contributed by atoms with Gasteiger partial charge in [0, 0.05) is 11.8 Å². The summed E-state index contributed by atoms with van der Waals surface area (Å²) in [6, 6.07) is 1.06. The summed E-state index contributed by atoms with van der Waals surface area (Å²) in [5.74, 6) is -0.709. The van der Waals surface area contributed by atoms with Crippen LogP contribution in [0.25, 0.3) is 0 Å². The van der Waals surface area contributed by atoms with Crippen LogP contribution in [0.5, 0.6) is 0 Å². The zero-order valence-electron chi connectivity index (χ0n) is 12.0. The second-order valence-corrected chi connectivity index (χ2v) is 5.21. The number of esters is 1. The molecule has 0 aliphatic heterocycles. The number of hydrogen-bond acceptors (Lipinski definition) is 3. The lowest BCUT2D eigenvalue weighted by molar-refractivity contribution is -0.181. The van der Waals surface area contributed by atoms with E-state index in [1.165, 1.54) is 13.8 Å². The summed E-state index contributed by atoms with van der Waals surface area (Å²) >= 11 is 0. The molecular formula is C14H16F3NO3. The van der Waals surface area contributed by atoms with Crippen molar-refractivity contribution in [3.63, 3.8) is 0 Å². The van der Waals surface area contributed by atoms with Crippen LogP contribution in [0.3, 0.4) is 0 Å². The van der Waals surface area contributed by atoms with Gasteiger partial charge < -0.3 is 4.74 Å². The van der Waals surface area contributed by atoms with E-state index in [9.17, 15) is 22.8 Å². The van der Waals surface area contributed by atoms with E-state index in [-0.39, 0.29) is 30.7 Å². The van der Waals surface area contributed by atoms with Crippen molar-refractivity contribution < 1.29 is 22.7 Å². The minimum absolute atomic E-state index is 0.00766. The number of aromatic nitrogens is 1. The summed E-state index contributed by atoms with van der Waals surface area (Å²) in [6.45, 7) is 4.59. The van der Waals surface area contributed by atoms with Crippen LogP contribution in [-0.4, -0.2) is 23.3 Å². The van der Waals surface area contributed by atoms with Gasteiger partial charge in [-0.15, -0.1) is 0 Å². The van der Waals surface area contributed by atoms with Gasteiger partial charge in [0.2, 0.25) is 0 Å². The normalized spacial score (nSPS) is 16.7. The molecule has 1 aromatic heterocycles. The number of aryl methyl sites for hydroxylation is 1. The SMILES string of the molecule is CCOC(=O)c1c(C)cc(=O)n(C2(C(F)(F)F)CC2)c1C. The minimum Gasteiger partial charge on any atom is -0.462 e. The van der Waals surface area contributed by atoms with Crippen LogP contribution in [0.2, 0.25) is 0 Å². The first-order chi connectivity index (χ1) is 9.65. The number of ether oxygens (including phenoxy) is 1. The molecule has 4 nitrogen and oxygen atoms in total. The highest BCUT2D eigenvalue weighted by molar-refractivity contribution is 5.92. The molecule has 0 saturated heterocycles. The molecule has 116 valence electrons. The van der Waals surface area contributed by atoms with Crippen molar-refractivity contribution in [3.8, 4) is 0 Å². The third kappa shape index (κ3) is 2.34. The Hall–Kier alpha value is -1.79. The van der Waals surface area contributed by atoms with Gasteiger partial charge >= 0.3 is 12.1 Å². The monoisotopic (exact) mass is 303 g/mol. The molecule has 0 amide bonds. The molecule has 1 aliphatic carbocycles. The molecule has 1 aromatic rings. The molecule has 2 rings (SSSR count). The average molecular weight is 303 g/mol. The number of alkyl halides is 3. The predicted octanol–water partition coefficient (Wildman–Crippen LogP) is 2.69. The lowest BCUT2D eigenvalue weighted by Gasteiger charge is -2.25. The number of nitrogens with zero attached hydrogens (tertiary/aromatic N) is 1. The number of rotatable bonds is 3. The fraction of sp³-hybridized carbons (Fsp3) is 0.571. The van der Waals surface area contributed by atoms with Crippen LogP contribution in [0.4, 0.5) is 13.2 Å². The van der Waals surface area contributed by atoms with Gasteiger partial charge in [-0.3, -0.25) is 9.36 Å². The van der Waals surface area contributed by atoms with Gasteiger partial charge in [-0.05, 0) is 39.2 Å². The van der Waals surface area contributed by atoms with Gasteiger partial charge in [0.05, 0.1) is 12.2 Å². The Morgan fingerprint density at radius 1 is 1.38 bits per heavy atom. The van der Waals surface area contributed by atoms with E-state index in [0.29, 0.717) is 10.1 Å². The molecule has 1 heterocycles. The zero-order valence-corrected chi connectivity index (χ0v) is 12.0. The summed E-state index contributed by atoms with van der Waals surface area (Å²) in [6.07, 6.45) is -4.83. The second-order valence-electron chi connectivity index (χ2n) is 5.21. The van der Waals surface area contributed by atoms with Crippen LogP contribution in [-0.2, 0) is 10.3 Å². The van der Waals surface area contributed by atoms with E-state index in [1.807, 2.05) is 0 Å².